The molecule has 0 saturated heterocycles. The van der Waals surface area contributed by atoms with Crippen molar-refractivity contribution in [2.75, 3.05) is 13.7 Å². The van der Waals surface area contributed by atoms with E-state index in [2.05, 4.69) is 38.1 Å². The van der Waals surface area contributed by atoms with Gasteiger partial charge in [-0.15, -0.1) is 0 Å². The topological polar surface area (TPSA) is 29.5 Å². The van der Waals surface area contributed by atoms with Gasteiger partial charge in [0.25, 0.3) is 0 Å². The molecule has 0 radical (unpaired) electrons. The number of methoxy groups -OCH3 is 1. The second-order valence-electron chi connectivity index (χ2n) is 5.46. The summed E-state index contributed by atoms with van der Waals surface area (Å²) < 4.78 is 5.37. The maximum atomic E-state index is 8.85. The summed E-state index contributed by atoms with van der Waals surface area (Å²) in [6.07, 6.45) is 9.55. The van der Waals surface area contributed by atoms with E-state index >= 15 is 0 Å². The Hall–Kier alpha value is -1.54. The molecule has 0 fully saturated rings. The zero-order valence-corrected chi connectivity index (χ0v) is 13.6. The van der Waals surface area contributed by atoms with Crippen molar-refractivity contribution in [1.29, 1.82) is 0 Å². The first-order valence-electron chi connectivity index (χ1n) is 7.71. The van der Waals surface area contributed by atoms with Gasteiger partial charge in [0.05, 0.1) is 7.11 Å². The van der Waals surface area contributed by atoms with E-state index in [9.17, 15) is 0 Å². The molecule has 1 aromatic carbocycles. The molecule has 1 rings (SSSR count). The molecule has 0 aliphatic heterocycles. The van der Waals surface area contributed by atoms with Gasteiger partial charge >= 0.3 is 0 Å². The van der Waals surface area contributed by atoms with Gasteiger partial charge in [0.15, 0.2) is 0 Å². The third-order valence-corrected chi connectivity index (χ3v) is 3.64. The van der Waals surface area contributed by atoms with Crippen molar-refractivity contribution in [3.63, 3.8) is 0 Å². The first-order chi connectivity index (χ1) is 10.2. The molecule has 0 aromatic heterocycles. The molecule has 1 aromatic rings. The van der Waals surface area contributed by atoms with Crippen LogP contribution in [0.4, 0.5) is 0 Å². The molecule has 0 aliphatic carbocycles. The highest BCUT2D eigenvalue weighted by atomic mass is 16.5. The summed E-state index contributed by atoms with van der Waals surface area (Å²) in [5, 5.41) is 8.85. The Bertz CT molecular complexity index is 472. The zero-order valence-electron chi connectivity index (χ0n) is 13.6. The quantitative estimate of drug-likeness (QED) is 0.668. The van der Waals surface area contributed by atoms with Gasteiger partial charge in [-0.3, -0.25) is 0 Å². The van der Waals surface area contributed by atoms with Gasteiger partial charge < -0.3 is 9.84 Å². The number of hydrogen-bond donors (Lipinski definition) is 1. The maximum Gasteiger partial charge on any atom is 0.122 e. The van der Waals surface area contributed by atoms with E-state index in [1.807, 2.05) is 12.1 Å². The van der Waals surface area contributed by atoms with Crippen LogP contribution in [0.15, 0.2) is 47.6 Å². The fraction of sp³-hybridized carbons (Fsp3) is 0.474. The van der Waals surface area contributed by atoms with Crippen molar-refractivity contribution in [2.45, 2.75) is 46.0 Å². The SMILES string of the molecule is COc1ccccc1CC/C=C(\C)CC/C=C(\C)CCO. The maximum absolute atomic E-state index is 8.85. The van der Waals surface area contributed by atoms with Crippen LogP contribution in [0, 0.1) is 0 Å². The lowest BCUT2D eigenvalue weighted by molar-refractivity contribution is 0.299. The van der Waals surface area contributed by atoms with Crippen LogP contribution >= 0.6 is 0 Å². The van der Waals surface area contributed by atoms with Crippen molar-refractivity contribution < 1.29 is 9.84 Å². The largest absolute Gasteiger partial charge is 0.496 e. The van der Waals surface area contributed by atoms with Crippen molar-refractivity contribution in [3.8, 4) is 5.75 Å². The summed E-state index contributed by atoms with van der Waals surface area (Å²) >= 11 is 0. The molecule has 0 atom stereocenters. The molecule has 1 N–H and O–H groups in total. The predicted octanol–water partition coefficient (Wildman–Crippen LogP) is 4.68. The van der Waals surface area contributed by atoms with Crippen LogP contribution in [0.2, 0.25) is 0 Å². The van der Waals surface area contributed by atoms with Crippen LogP contribution in [0.3, 0.4) is 0 Å². The first kappa shape index (κ1) is 17.5. The van der Waals surface area contributed by atoms with Crippen LogP contribution in [0.25, 0.3) is 0 Å². The van der Waals surface area contributed by atoms with Gasteiger partial charge in [-0.2, -0.15) is 0 Å². The van der Waals surface area contributed by atoms with E-state index in [-0.39, 0.29) is 6.61 Å². The first-order valence-corrected chi connectivity index (χ1v) is 7.71. The van der Waals surface area contributed by atoms with E-state index in [1.54, 1.807) is 7.11 Å². The minimum absolute atomic E-state index is 0.246. The third-order valence-electron chi connectivity index (χ3n) is 3.64. The summed E-state index contributed by atoms with van der Waals surface area (Å²) in [4.78, 5) is 0. The fourth-order valence-corrected chi connectivity index (χ4v) is 2.31. The standard InChI is InChI=1S/C19H28O2/c1-16(8-6-9-17(2)14-15-20)10-7-12-18-11-4-5-13-19(18)21-3/h4-5,9-11,13,20H,6-8,12,14-15H2,1-3H3/b16-10+,17-9+. The predicted molar refractivity (Wildman–Crippen MR) is 89.8 cm³/mol. The minimum Gasteiger partial charge on any atom is -0.496 e. The van der Waals surface area contributed by atoms with Crippen LogP contribution in [-0.2, 0) is 6.42 Å². The van der Waals surface area contributed by atoms with Crippen molar-refractivity contribution >= 4 is 0 Å². The lowest BCUT2D eigenvalue weighted by Crippen LogP contribution is -1.91. The number of para-hydroxylation sites is 1. The number of hydrogen-bond acceptors (Lipinski definition) is 2. The van der Waals surface area contributed by atoms with Crippen LogP contribution in [0.1, 0.15) is 45.1 Å². The van der Waals surface area contributed by atoms with E-state index in [4.69, 9.17) is 9.84 Å². The number of aliphatic hydroxyl groups excluding tert-OH is 1. The highest BCUT2D eigenvalue weighted by molar-refractivity contribution is 5.33. The van der Waals surface area contributed by atoms with Crippen molar-refractivity contribution in [1.82, 2.24) is 0 Å². The lowest BCUT2D eigenvalue weighted by Gasteiger charge is -2.07. The van der Waals surface area contributed by atoms with Gasteiger partial charge in [0, 0.05) is 6.61 Å². The lowest BCUT2D eigenvalue weighted by atomic mass is 10.0. The molecule has 0 saturated carbocycles. The van der Waals surface area contributed by atoms with Crippen LogP contribution in [-0.4, -0.2) is 18.8 Å². The highest BCUT2D eigenvalue weighted by Gasteiger charge is 2.00. The van der Waals surface area contributed by atoms with Gasteiger partial charge in [0.2, 0.25) is 0 Å². The number of aryl methyl sites for hydroxylation is 1. The summed E-state index contributed by atoms with van der Waals surface area (Å²) in [5.74, 6) is 0.978. The van der Waals surface area contributed by atoms with Gasteiger partial charge in [0.1, 0.15) is 5.75 Å². The molecule has 0 amide bonds. The van der Waals surface area contributed by atoms with Gasteiger partial charge in [-0.1, -0.05) is 41.5 Å². The Morgan fingerprint density at radius 3 is 2.43 bits per heavy atom. The fourth-order valence-electron chi connectivity index (χ4n) is 2.31. The van der Waals surface area contributed by atoms with Crippen LogP contribution < -0.4 is 4.74 Å². The molecular formula is C19H28O2. The highest BCUT2D eigenvalue weighted by Crippen LogP contribution is 2.19. The van der Waals surface area contributed by atoms with Crippen molar-refractivity contribution in [2.24, 2.45) is 0 Å². The number of ether oxygens (including phenoxy) is 1. The molecule has 21 heavy (non-hydrogen) atoms. The number of aliphatic hydroxyl groups is 1. The molecule has 116 valence electrons. The molecule has 2 heteroatoms. The molecule has 2 nitrogen and oxygen atoms in total. The Morgan fingerprint density at radius 2 is 1.71 bits per heavy atom. The average molecular weight is 288 g/mol. The van der Waals surface area contributed by atoms with Crippen molar-refractivity contribution in [3.05, 3.63) is 53.1 Å². The van der Waals surface area contributed by atoms with E-state index in [0.717, 1.165) is 37.9 Å². The van der Waals surface area contributed by atoms with E-state index < -0.39 is 0 Å². The summed E-state index contributed by atoms with van der Waals surface area (Å²) in [6.45, 7) is 4.52. The molecular weight excluding hydrogens is 260 g/mol. The molecule has 0 unspecified atom stereocenters. The summed E-state index contributed by atoms with van der Waals surface area (Å²) in [6, 6.07) is 8.21. The average Bonchev–Trinajstić information content (AvgIpc) is 2.48. The molecule has 0 spiro atoms. The minimum atomic E-state index is 0.246. The second kappa shape index (κ2) is 10.2. The van der Waals surface area contributed by atoms with E-state index in [1.165, 1.54) is 16.7 Å². The Morgan fingerprint density at radius 1 is 1.05 bits per heavy atom. The molecule has 0 heterocycles. The van der Waals surface area contributed by atoms with Gasteiger partial charge in [-0.05, 0) is 57.6 Å². The second-order valence-corrected chi connectivity index (χ2v) is 5.46. The summed E-state index contributed by atoms with van der Waals surface area (Å²) in [5.41, 5.74) is 3.97. The van der Waals surface area contributed by atoms with Gasteiger partial charge in [-0.25, -0.2) is 0 Å². The van der Waals surface area contributed by atoms with E-state index in [0.29, 0.717) is 0 Å². The number of benzene rings is 1. The Kier molecular flexibility index (Phi) is 8.53. The van der Waals surface area contributed by atoms with Crippen LogP contribution in [0.5, 0.6) is 5.75 Å². The number of allylic oxidation sites excluding steroid dienone is 3. The Balaban J connectivity index is 2.37. The summed E-state index contributed by atoms with van der Waals surface area (Å²) in [7, 11) is 1.72. The monoisotopic (exact) mass is 288 g/mol. The molecule has 0 bridgehead atoms. The third kappa shape index (κ3) is 7.14. The molecule has 0 aliphatic rings. The normalized spacial score (nSPS) is 12.6. The number of rotatable bonds is 9. The Labute approximate surface area is 129 Å². The smallest absolute Gasteiger partial charge is 0.122 e. The zero-order chi connectivity index (χ0) is 15.5.